The zero-order chi connectivity index (χ0) is 25.9. The molecule has 1 aromatic heterocycles. The van der Waals surface area contributed by atoms with Crippen LogP contribution < -0.4 is 21.1 Å². The Balaban J connectivity index is 1.45. The van der Waals surface area contributed by atoms with Gasteiger partial charge in [-0.2, -0.15) is 18.2 Å². The van der Waals surface area contributed by atoms with Crippen molar-refractivity contribution in [1.82, 2.24) is 15.4 Å². The first-order valence-electron chi connectivity index (χ1n) is 10.5. The normalized spacial score (nSPS) is 13.9. The number of benzene rings is 2. The highest BCUT2D eigenvalue weighted by Crippen LogP contribution is 2.37. The molecule has 1 amide bonds. The second kappa shape index (κ2) is 10.4. The van der Waals surface area contributed by atoms with E-state index in [0.717, 1.165) is 18.3 Å². The van der Waals surface area contributed by atoms with E-state index in [1.807, 2.05) is 0 Å². The maximum absolute atomic E-state index is 14.2. The summed E-state index contributed by atoms with van der Waals surface area (Å²) in [6.07, 6.45) is -3.58. The first-order chi connectivity index (χ1) is 17.1. The Hall–Kier alpha value is -3.84. The highest BCUT2D eigenvalue weighted by atomic mass is 35.5. The van der Waals surface area contributed by atoms with Gasteiger partial charge in [-0.3, -0.25) is 15.6 Å². The van der Waals surface area contributed by atoms with Crippen LogP contribution in [-0.4, -0.2) is 47.3 Å². The predicted molar refractivity (Wildman–Crippen MR) is 124 cm³/mol. The molecule has 1 saturated heterocycles. The van der Waals surface area contributed by atoms with E-state index in [1.54, 1.807) is 4.90 Å². The molecule has 3 aromatic rings. The third kappa shape index (κ3) is 5.69. The lowest BCUT2D eigenvalue weighted by atomic mass is 10.1. The molecule has 0 saturated carbocycles. The number of carbonyl (C=O) groups excluding carboxylic acids is 1. The van der Waals surface area contributed by atoms with Crippen molar-refractivity contribution in [2.75, 3.05) is 41.9 Å². The molecule has 0 atom stereocenters. The SMILES string of the molecule is O=C(NNc1ncc(F)c(N2CCOCC2)n1)c1ccc(Nc2cccc(C(F)(F)F)c2)c(Cl)c1O. The zero-order valence-corrected chi connectivity index (χ0v) is 19.1. The maximum Gasteiger partial charge on any atom is 0.416 e. The molecule has 2 heterocycles. The summed E-state index contributed by atoms with van der Waals surface area (Å²) in [5.74, 6) is -2.12. The molecule has 14 heteroatoms. The van der Waals surface area contributed by atoms with Gasteiger partial charge in [0.05, 0.1) is 36.2 Å². The van der Waals surface area contributed by atoms with Gasteiger partial charge in [-0.25, -0.2) is 9.37 Å². The summed E-state index contributed by atoms with van der Waals surface area (Å²) in [5, 5.41) is 12.8. The van der Waals surface area contributed by atoms with Crippen LogP contribution in [0.2, 0.25) is 5.02 Å². The van der Waals surface area contributed by atoms with E-state index in [4.69, 9.17) is 16.3 Å². The van der Waals surface area contributed by atoms with Crippen molar-refractivity contribution in [3.05, 3.63) is 64.6 Å². The number of hydrazine groups is 1. The summed E-state index contributed by atoms with van der Waals surface area (Å²) in [4.78, 5) is 22.1. The van der Waals surface area contributed by atoms with Crippen LogP contribution in [0.3, 0.4) is 0 Å². The number of alkyl halides is 3. The molecule has 0 unspecified atom stereocenters. The molecule has 0 aliphatic carbocycles. The van der Waals surface area contributed by atoms with Crippen molar-refractivity contribution >= 4 is 40.6 Å². The fourth-order valence-corrected chi connectivity index (χ4v) is 3.58. The van der Waals surface area contributed by atoms with Crippen LogP contribution >= 0.6 is 11.6 Å². The van der Waals surface area contributed by atoms with Crippen LogP contribution in [-0.2, 0) is 10.9 Å². The molecule has 190 valence electrons. The van der Waals surface area contributed by atoms with Crippen LogP contribution in [0.1, 0.15) is 15.9 Å². The van der Waals surface area contributed by atoms with E-state index in [9.17, 15) is 27.5 Å². The molecule has 1 aliphatic rings. The zero-order valence-electron chi connectivity index (χ0n) is 18.4. The minimum atomic E-state index is -4.53. The Labute approximate surface area is 207 Å². The van der Waals surface area contributed by atoms with Crippen LogP contribution in [0, 0.1) is 5.82 Å². The number of aromatic nitrogens is 2. The second-order valence-electron chi connectivity index (χ2n) is 7.57. The monoisotopic (exact) mass is 526 g/mol. The Morgan fingerprint density at radius 2 is 1.92 bits per heavy atom. The van der Waals surface area contributed by atoms with Crippen molar-refractivity contribution in [2.24, 2.45) is 0 Å². The maximum atomic E-state index is 14.2. The van der Waals surface area contributed by atoms with E-state index in [-0.39, 0.29) is 33.7 Å². The first-order valence-corrected chi connectivity index (χ1v) is 10.9. The van der Waals surface area contributed by atoms with Crippen molar-refractivity contribution in [2.45, 2.75) is 6.18 Å². The van der Waals surface area contributed by atoms with Crippen molar-refractivity contribution in [1.29, 1.82) is 0 Å². The number of phenolic OH excluding ortho intramolecular Hbond substituents is 1. The quantitative estimate of drug-likeness (QED) is 0.277. The summed E-state index contributed by atoms with van der Waals surface area (Å²) >= 11 is 6.15. The topological polar surface area (TPSA) is 112 Å². The van der Waals surface area contributed by atoms with E-state index in [0.29, 0.717) is 26.3 Å². The molecule has 4 rings (SSSR count). The number of morpholine rings is 1. The molecular weight excluding hydrogens is 508 g/mol. The molecule has 0 spiro atoms. The Morgan fingerprint density at radius 1 is 1.17 bits per heavy atom. The van der Waals surface area contributed by atoms with Gasteiger partial charge in [-0.15, -0.1) is 0 Å². The van der Waals surface area contributed by atoms with Crippen molar-refractivity contribution < 1.29 is 32.2 Å². The number of carbonyl (C=O) groups is 1. The summed E-state index contributed by atoms with van der Waals surface area (Å²) in [5.41, 5.74) is 3.78. The minimum Gasteiger partial charge on any atom is -0.505 e. The second-order valence-corrected chi connectivity index (χ2v) is 7.95. The summed E-state index contributed by atoms with van der Waals surface area (Å²) in [7, 11) is 0. The van der Waals surface area contributed by atoms with E-state index in [2.05, 4.69) is 26.1 Å². The van der Waals surface area contributed by atoms with Crippen LogP contribution in [0.5, 0.6) is 5.75 Å². The molecule has 4 N–H and O–H groups in total. The number of phenols is 1. The lowest BCUT2D eigenvalue weighted by Gasteiger charge is -2.28. The summed E-state index contributed by atoms with van der Waals surface area (Å²) in [6, 6.07) is 6.95. The van der Waals surface area contributed by atoms with E-state index >= 15 is 0 Å². The average molecular weight is 527 g/mol. The van der Waals surface area contributed by atoms with Crippen LogP contribution in [0.4, 0.5) is 40.7 Å². The van der Waals surface area contributed by atoms with Crippen molar-refractivity contribution in [3.63, 3.8) is 0 Å². The number of rotatable bonds is 6. The van der Waals surface area contributed by atoms with Gasteiger partial charge in [-0.1, -0.05) is 17.7 Å². The Kier molecular flexibility index (Phi) is 7.31. The van der Waals surface area contributed by atoms with Crippen LogP contribution in [0.15, 0.2) is 42.6 Å². The molecular formula is C22H19ClF4N6O3. The third-order valence-electron chi connectivity index (χ3n) is 5.15. The van der Waals surface area contributed by atoms with Gasteiger partial charge in [0.25, 0.3) is 5.91 Å². The van der Waals surface area contributed by atoms with Crippen molar-refractivity contribution in [3.8, 4) is 5.75 Å². The lowest BCUT2D eigenvalue weighted by molar-refractivity contribution is -0.137. The van der Waals surface area contributed by atoms with E-state index in [1.165, 1.54) is 24.3 Å². The molecule has 9 nitrogen and oxygen atoms in total. The lowest BCUT2D eigenvalue weighted by Crippen LogP contribution is -2.38. The molecule has 0 radical (unpaired) electrons. The molecule has 1 aliphatic heterocycles. The largest absolute Gasteiger partial charge is 0.505 e. The van der Waals surface area contributed by atoms with Gasteiger partial charge in [0.15, 0.2) is 11.6 Å². The van der Waals surface area contributed by atoms with Gasteiger partial charge >= 0.3 is 6.18 Å². The Morgan fingerprint density at radius 3 is 2.64 bits per heavy atom. The standard InChI is InChI=1S/C22H19ClF4N6O3/c23-17-16(29-13-3-1-2-12(10-13)22(25,26)27)5-4-14(18(17)34)20(35)31-32-21-28-11-15(24)19(30-21)33-6-8-36-9-7-33/h1-5,10-11,29,34H,6-9H2,(H,31,35)(H,28,30,32). The number of amides is 1. The average Bonchev–Trinajstić information content (AvgIpc) is 2.86. The molecule has 1 fully saturated rings. The van der Waals surface area contributed by atoms with Gasteiger partial charge in [0.2, 0.25) is 5.95 Å². The van der Waals surface area contributed by atoms with Crippen LogP contribution in [0.25, 0.3) is 0 Å². The smallest absolute Gasteiger partial charge is 0.416 e. The summed E-state index contributed by atoms with van der Waals surface area (Å²) in [6.45, 7) is 1.71. The Bertz CT molecular complexity index is 1270. The molecule has 0 bridgehead atoms. The molecule has 36 heavy (non-hydrogen) atoms. The fourth-order valence-electron chi connectivity index (χ4n) is 3.37. The molecule has 2 aromatic carbocycles. The number of halogens is 5. The number of hydrogen-bond donors (Lipinski definition) is 4. The first kappa shape index (κ1) is 25.3. The van der Waals surface area contributed by atoms with Gasteiger partial charge in [-0.05, 0) is 30.3 Å². The number of aromatic hydroxyl groups is 1. The van der Waals surface area contributed by atoms with Gasteiger partial charge in [0, 0.05) is 18.8 Å². The highest BCUT2D eigenvalue weighted by Gasteiger charge is 2.30. The number of ether oxygens (including phenoxy) is 1. The summed E-state index contributed by atoms with van der Waals surface area (Å²) < 4.78 is 58.2. The highest BCUT2D eigenvalue weighted by molar-refractivity contribution is 6.35. The number of hydrogen-bond acceptors (Lipinski definition) is 8. The number of anilines is 4. The predicted octanol–water partition coefficient (Wildman–Crippen LogP) is 4.33. The van der Waals surface area contributed by atoms with Gasteiger partial charge in [0.1, 0.15) is 10.8 Å². The van der Waals surface area contributed by atoms with Gasteiger partial charge < -0.3 is 20.1 Å². The fraction of sp³-hybridized carbons (Fsp3) is 0.227. The number of nitrogens with one attached hydrogen (secondary N) is 3. The number of nitrogens with zero attached hydrogens (tertiary/aromatic N) is 3. The minimum absolute atomic E-state index is 0.0426. The third-order valence-corrected chi connectivity index (χ3v) is 5.54. The van der Waals surface area contributed by atoms with E-state index < -0.39 is 29.2 Å².